The first kappa shape index (κ1) is 15.6. The van der Waals surface area contributed by atoms with Gasteiger partial charge in [0, 0.05) is 13.1 Å². The molecule has 0 aliphatic carbocycles. The van der Waals surface area contributed by atoms with Crippen LogP contribution in [0.3, 0.4) is 0 Å². The molecular formula is C15H24N6. The number of benzene rings is 1. The highest BCUT2D eigenvalue weighted by Gasteiger charge is 2.18. The fourth-order valence-corrected chi connectivity index (χ4v) is 2.51. The van der Waals surface area contributed by atoms with Gasteiger partial charge < -0.3 is 10.2 Å². The van der Waals surface area contributed by atoms with E-state index in [0.717, 1.165) is 24.6 Å². The van der Waals surface area contributed by atoms with Crippen molar-refractivity contribution in [2.45, 2.75) is 20.4 Å². The van der Waals surface area contributed by atoms with Gasteiger partial charge in [0.25, 0.3) is 0 Å². The van der Waals surface area contributed by atoms with Gasteiger partial charge in [-0.1, -0.05) is 32.0 Å². The summed E-state index contributed by atoms with van der Waals surface area (Å²) in [7, 11) is 4.19. The molecule has 0 fully saturated rings. The predicted octanol–water partition coefficient (Wildman–Crippen LogP) is 1.34. The van der Waals surface area contributed by atoms with Crippen LogP contribution in [0.1, 0.15) is 19.7 Å². The van der Waals surface area contributed by atoms with E-state index in [-0.39, 0.29) is 5.41 Å². The van der Waals surface area contributed by atoms with Crippen molar-refractivity contribution in [2.75, 3.05) is 27.2 Å². The Labute approximate surface area is 126 Å². The number of para-hydroxylation sites is 1. The van der Waals surface area contributed by atoms with Crippen molar-refractivity contribution in [3.63, 3.8) is 0 Å². The molecule has 114 valence electrons. The van der Waals surface area contributed by atoms with Gasteiger partial charge in [-0.3, -0.25) is 0 Å². The second-order valence-corrected chi connectivity index (χ2v) is 6.35. The molecule has 1 aromatic carbocycles. The maximum atomic E-state index is 4.10. The normalized spacial score (nSPS) is 12.0. The summed E-state index contributed by atoms with van der Waals surface area (Å²) < 4.78 is 1.77. The molecule has 0 saturated heterocycles. The van der Waals surface area contributed by atoms with Gasteiger partial charge in [0.05, 0.1) is 12.2 Å². The maximum absolute atomic E-state index is 4.10. The van der Waals surface area contributed by atoms with Crippen molar-refractivity contribution in [3.8, 4) is 5.69 Å². The lowest BCUT2D eigenvalue weighted by atomic mass is 9.93. The number of rotatable bonds is 7. The zero-order valence-corrected chi connectivity index (χ0v) is 13.2. The average Bonchev–Trinajstić information content (AvgIpc) is 2.86. The fourth-order valence-electron chi connectivity index (χ4n) is 2.51. The van der Waals surface area contributed by atoms with Gasteiger partial charge in [-0.05, 0) is 42.1 Å². The smallest absolute Gasteiger partial charge is 0.170 e. The summed E-state index contributed by atoms with van der Waals surface area (Å²) >= 11 is 0. The Balaban J connectivity index is 1.95. The molecule has 2 aromatic rings. The van der Waals surface area contributed by atoms with E-state index in [1.54, 1.807) is 4.68 Å². The molecule has 0 aliphatic heterocycles. The predicted molar refractivity (Wildman–Crippen MR) is 83.2 cm³/mol. The molecule has 0 spiro atoms. The van der Waals surface area contributed by atoms with E-state index in [4.69, 9.17) is 0 Å². The van der Waals surface area contributed by atoms with Crippen LogP contribution in [0, 0.1) is 5.41 Å². The third-order valence-corrected chi connectivity index (χ3v) is 3.17. The van der Waals surface area contributed by atoms with Crippen LogP contribution in [0.15, 0.2) is 30.3 Å². The summed E-state index contributed by atoms with van der Waals surface area (Å²) in [5.41, 5.74) is 1.18. The third-order valence-electron chi connectivity index (χ3n) is 3.17. The zero-order chi connectivity index (χ0) is 15.3. The van der Waals surface area contributed by atoms with Crippen LogP contribution in [0.25, 0.3) is 5.69 Å². The van der Waals surface area contributed by atoms with Crippen LogP contribution in [0.2, 0.25) is 0 Å². The van der Waals surface area contributed by atoms with E-state index in [0.29, 0.717) is 6.54 Å². The summed E-state index contributed by atoms with van der Waals surface area (Å²) in [6, 6.07) is 9.93. The molecule has 0 radical (unpaired) electrons. The molecule has 0 unspecified atom stereocenters. The first-order chi connectivity index (χ1) is 9.98. The Morgan fingerprint density at radius 3 is 2.57 bits per heavy atom. The molecule has 1 N–H and O–H groups in total. The Bertz CT molecular complexity index is 546. The number of hydrogen-bond acceptors (Lipinski definition) is 5. The molecule has 6 heteroatoms. The monoisotopic (exact) mass is 288 g/mol. The van der Waals surface area contributed by atoms with Crippen LogP contribution in [0.5, 0.6) is 0 Å². The number of hydrogen-bond donors (Lipinski definition) is 1. The topological polar surface area (TPSA) is 58.9 Å². The summed E-state index contributed by atoms with van der Waals surface area (Å²) in [4.78, 5) is 2.20. The summed E-state index contributed by atoms with van der Waals surface area (Å²) in [5.74, 6) is 0.821. The molecule has 0 bridgehead atoms. The second kappa shape index (κ2) is 6.78. The standard InChI is InChI=1S/C15H24N6/c1-15(2,12-20(3)4)11-16-10-14-17-18-19-21(14)13-8-6-5-7-9-13/h5-9,16H,10-12H2,1-4H3. The van der Waals surface area contributed by atoms with E-state index in [1.807, 2.05) is 30.3 Å². The lowest BCUT2D eigenvalue weighted by molar-refractivity contribution is 0.231. The Hall–Kier alpha value is -1.79. The summed E-state index contributed by atoms with van der Waals surface area (Å²) in [5, 5.41) is 15.4. The fraction of sp³-hybridized carbons (Fsp3) is 0.533. The second-order valence-electron chi connectivity index (χ2n) is 6.35. The van der Waals surface area contributed by atoms with E-state index in [2.05, 4.69) is 53.7 Å². The van der Waals surface area contributed by atoms with Crippen molar-refractivity contribution >= 4 is 0 Å². The van der Waals surface area contributed by atoms with Crippen molar-refractivity contribution < 1.29 is 0 Å². The summed E-state index contributed by atoms with van der Waals surface area (Å²) in [6.07, 6.45) is 0. The number of nitrogens with zero attached hydrogens (tertiary/aromatic N) is 5. The molecule has 0 saturated carbocycles. The van der Waals surface area contributed by atoms with Gasteiger partial charge in [0.1, 0.15) is 0 Å². The van der Waals surface area contributed by atoms with Crippen LogP contribution in [0.4, 0.5) is 0 Å². The van der Waals surface area contributed by atoms with Crippen LogP contribution in [-0.4, -0.2) is 52.3 Å². The number of nitrogens with one attached hydrogen (secondary N) is 1. The number of tetrazole rings is 1. The van der Waals surface area contributed by atoms with Crippen LogP contribution < -0.4 is 5.32 Å². The quantitative estimate of drug-likeness (QED) is 0.833. The highest BCUT2D eigenvalue weighted by atomic mass is 15.5. The minimum Gasteiger partial charge on any atom is -0.309 e. The van der Waals surface area contributed by atoms with Gasteiger partial charge in [-0.15, -0.1) is 5.10 Å². The van der Waals surface area contributed by atoms with Crippen LogP contribution >= 0.6 is 0 Å². The molecule has 0 atom stereocenters. The van der Waals surface area contributed by atoms with Gasteiger partial charge in [0.15, 0.2) is 5.82 Å². The first-order valence-electron chi connectivity index (χ1n) is 7.16. The molecular weight excluding hydrogens is 264 g/mol. The lowest BCUT2D eigenvalue weighted by Crippen LogP contribution is -2.37. The highest BCUT2D eigenvalue weighted by Crippen LogP contribution is 2.14. The molecule has 1 heterocycles. The number of aromatic nitrogens is 4. The van der Waals surface area contributed by atoms with Gasteiger partial charge in [0.2, 0.25) is 0 Å². The Morgan fingerprint density at radius 1 is 1.19 bits per heavy atom. The van der Waals surface area contributed by atoms with E-state index in [1.165, 1.54) is 0 Å². The third kappa shape index (κ3) is 4.61. The molecule has 6 nitrogen and oxygen atoms in total. The maximum Gasteiger partial charge on any atom is 0.170 e. The Morgan fingerprint density at radius 2 is 1.90 bits per heavy atom. The van der Waals surface area contributed by atoms with Gasteiger partial charge >= 0.3 is 0 Å². The molecule has 2 rings (SSSR count). The molecule has 21 heavy (non-hydrogen) atoms. The molecule has 0 amide bonds. The SMILES string of the molecule is CN(C)CC(C)(C)CNCc1nnnn1-c1ccccc1. The average molecular weight is 288 g/mol. The van der Waals surface area contributed by atoms with E-state index < -0.39 is 0 Å². The molecule has 0 aliphatic rings. The van der Waals surface area contributed by atoms with Crippen molar-refractivity contribution in [2.24, 2.45) is 5.41 Å². The highest BCUT2D eigenvalue weighted by molar-refractivity contribution is 5.30. The van der Waals surface area contributed by atoms with Crippen LogP contribution in [-0.2, 0) is 6.54 Å². The lowest BCUT2D eigenvalue weighted by Gasteiger charge is -2.28. The molecule has 1 aromatic heterocycles. The first-order valence-corrected chi connectivity index (χ1v) is 7.16. The minimum absolute atomic E-state index is 0.203. The summed E-state index contributed by atoms with van der Waals surface area (Å²) in [6.45, 7) is 7.09. The van der Waals surface area contributed by atoms with Crippen molar-refractivity contribution in [3.05, 3.63) is 36.2 Å². The van der Waals surface area contributed by atoms with Crippen molar-refractivity contribution in [1.82, 2.24) is 30.4 Å². The van der Waals surface area contributed by atoms with Gasteiger partial charge in [-0.2, -0.15) is 4.68 Å². The van der Waals surface area contributed by atoms with E-state index >= 15 is 0 Å². The minimum atomic E-state index is 0.203. The zero-order valence-electron chi connectivity index (χ0n) is 13.2. The largest absolute Gasteiger partial charge is 0.309 e. The van der Waals surface area contributed by atoms with Crippen molar-refractivity contribution in [1.29, 1.82) is 0 Å². The Kier molecular flexibility index (Phi) is 5.03. The van der Waals surface area contributed by atoms with Gasteiger partial charge in [-0.25, -0.2) is 0 Å². The van der Waals surface area contributed by atoms with E-state index in [9.17, 15) is 0 Å².